The molecule has 0 amide bonds. The van der Waals surface area contributed by atoms with Crippen LogP contribution in [0, 0.1) is 5.82 Å². The molecule has 2 aromatic carbocycles. The van der Waals surface area contributed by atoms with Gasteiger partial charge in [0.2, 0.25) is 0 Å². The normalized spacial score (nSPS) is 11.5. The summed E-state index contributed by atoms with van der Waals surface area (Å²) in [6, 6.07) is 13.1. The highest BCUT2D eigenvalue weighted by Crippen LogP contribution is 2.09. The van der Waals surface area contributed by atoms with Crippen molar-refractivity contribution in [3.05, 3.63) is 77.6 Å². The smallest absolute Gasteiger partial charge is 0.185 e. The molecule has 2 rings (SSSR count). The zero-order chi connectivity index (χ0) is 13.0. The van der Waals surface area contributed by atoms with E-state index in [0.717, 1.165) is 0 Å². The van der Waals surface area contributed by atoms with Gasteiger partial charge in [0.1, 0.15) is 5.82 Å². The van der Waals surface area contributed by atoms with Crippen molar-refractivity contribution in [2.75, 3.05) is 0 Å². The van der Waals surface area contributed by atoms with Gasteiger partial charge in [0.25, 0.3) is 0 Å². The summed E-state index contributed by atoms with van der Waals surface area (Å²) in [5.41, 5.74) is 0.794. The second kappa shape index (κ2) is 5.21. The van der Waals surface area contributed by atoms with Gasteiger partial charge in [-0.25, -0.2) is 4.39 Å². The van der Waals surface area contributed by atoms with Gasteiger partial charge >= 0.3 is 0 Å². The molecule has 84 valence electrons. The van der Waals surface area contributed by atoms with Crippen LogP contribution in [-0.4, -0.2) is 5.78 Å². The number of carbonyl (C=O) groups is 1. The third kappa shape index (κ3) is 2.88. The highest BCUT2D eigenvalue weighted by molar-refractivity contribution is 6.06. The van der Waals surface area contributed by atoms with Crippen LogP contribution < -0.4 is 0 Å². The maximum absolute atomic E-state index is 13.5. The first-order chi connectivity index (χ1) is 8.68. The summed E-state index contributed by atoms with van der Waals surface area (Å²) in [5.74, 6) is -0.806. The fraction of sp³-hybridized carbons (Fsp3) is 0. The first-order valence-electron chi connectivity index (χ1n) is 5.71. The molecule has 0 saturated carbocycles. The van der Waals surface area contributed by atoms with Crippen molar-refractivity contribution in [2.24, 2.45) is 0 Å². The molecule has 0 bridgehead atoms. The third-order valence-electron chi connectivity index (χ3n) is 2.31. The van der Waals surface area contributed by atoms with Gasteiger partial charge in [-0.2, -0.15) is 0 Å². The maximum atomic E-state index is 13.5. The summed E-state index contributed by atoms with van der Waals surface area (Å²) in [6.07, 6.45) is 2.70. The van der Waals surface area contributed by atoms with Crippen molar-refractivity contribution < 1.29 is 10.6 Å². The summed E-state index contributed by atoms with van der Waals surface area (Å²) in [5, 5.41) is 0. The average molecular weight is 227 g/mol. The summed E-state index contributed by atoms with van der Waals surface area (Å²) >= 11 is 0. The monoisotopic (exact) mass is 227 g/mol. The molecular formula is C15H11FO. The van der Waals surface area contributed by atoms with Crippen LogP contribution >= 0.6 is 0 Å². The minimum Gasteiger partial charge on any atom is -0.289 e. The van der Waals surface area contributed by atoms with E-state index in [-0.39, 0.29) is 17.4 Å². The Balaban J connectivity index is 2.22. The summed E-state index contributed by atoms with van der Waals surface area (Å²) in [6.45, 7) is 0. The van der Waals surface area contributed by atoms with Crippen molar-refractivity contribution in [1.82, 2.24) is 0 Å². The first-order valence-corrected chi connectivity index (χ1v) is 5.21. The molecule has 0 aromatic heterocycles. The Kier molecular flexibility index (Phi) is 3.06. The molecule has 0 spiro atoms. The highest BCUT2D eigenvalue weighted by atomic mass is 19.1. The third-order valence-corrected chi connectivity index (χ3v) is 2.31. The lowest BCUT2D eigenvalue weighted by Gasteiger charge is -1.96. The van der Waals surface area contributed by atoms with Gasteiger partial charge in [-0.15, -0.1) is 0 Å². The molecule has 0 aliphatic heterocycles. The highest BCUT2D eigenvalue weighted by Gasteiger charge is 2.00. The molecule has 0 aliphatic rings. The predicted octanol–water partition coefficient (Wildman–Crippen LogP) is 3.72. The molecule has 0 heterocycles. The molecule has 17 heavy (non-hydrogen) atoms. The fourth-order valence-corrected chi connectivity index (χ4v) is 1.42. The molecule has 2 aromatic rings. The van der Waals surface area contributed by atoms with Gasteiger partial charge < -0.3 is 0 Å². The van der Waals surface area contributed by atoms with E-state index >= 15 is 0 Å². The first kappa shape index (κ1) is 9.97. The molecule has 0 N–H and O–H groups in total. The molecule has 0 saturated heterocycles. The van der Waals surface area contributed by atoms with Crippen molar-refractivity contribution in [2.45, 2.75) is 0 Å². The Morgan fingerprint density at radius 3 is 2.59 bits per heavy atom. The van der Waals surface area contributed by atoms with Gasteiger partial charge in [0.05, 0.1) is 1.37 Å². The van der Waals surface area contributed by atoms with Gasteiger partial charge in [-0.3, -0.25) is 4.79 Å². The van der Waals surface area contributed by atoms with E-state index in [9.17, 15) is 9.18 Å². The number of ketones is 1. The topological polar surface area (TPSA) is 17.1 Å². The average Bonchev–Trinajstić information content (AvgIpc) is 2.41. The summed E-state index contributed by atoms with van der Waals surface area (Å²) in [4.78, 5) is 11.8. The van der Waals surface area contributed by atoms with Crippen LogP contribution in [0.15, 0.2) is 60.6 Å². The number of carbonyl (C=O) groups excluding carboxylic acids is 1. The van der Waals surface area contributed by atoms with Crippen molar-refractivity contribution in [1.29, 1.82) is 0 Å². The van der Waals surface area contributed by atoms with Crippen LogP contribution in [0.4, 0.5) is 4.39 Å². The summed E-state index contributed by atoms with van der Waals surface area (Å²) in [7, 11) is 0. The SMILES string of the molecule is [2H]c1cccc(C=CC(=O)c2ccccc2)c1F. The number of rotatable bonds is 3. The quantitative estimate of drug-likeness (QED) is 0.577. The van der Waals surface area contributed by atoms with Crippen LogP contribution in [0.2, 0.25) is 0 Å². The lowest BCUT2D eigenvalue weighted by atomic mass is 10.1. The molecule has 1 nitrogen and oxygen atoms in total. The van der Waals surface area contributed by atoms with Gasteiger partial charge in [0, 0.05) is 11.1 Å². The van der Waals surface area contributed by atoms with E-state index in [4.69, 9.17) is 1.37 Å². The summed E-state index contributed by atoms with van der Waals surface area (Å²) < 4.78 is 20.8. The number of hydrogen-bond donors (Lipinski definition) is 0. The van der Waals surface area contributed by atoms with Gasteiger partial charge in [0.15, 0.2) is 5.78 Å². The molecule has 0 fully saturated rings. The molecule has 0 radical (unpaired) electrons. The molecule has 0 atom stereocenters. The standard InChI is InChI=1S/C15H11FO/c16-14-9-5-4-6-12(14)10-11-15(17)13-7-2-1-3-8-13/h1-11H/i9D. The van der Waals surface area contributed by atoms with Crippen molar-refractivity contribution >= 4 is 11.9 Å². The minimum absolute atomic E-state index is 0.177. The van der Waals surface area contributed by atoms with E-state index in [0.29, 0.717) is 5.56 Å². The van der Waals surface area contributed by atoms with Crippen LogP contribution in [0.1, 0.15) is 17.3 Å². The Bertz CT molecular complexity index is 591. The van der Waals surface area contributed by atoms with E-state index in [2.05, 4.69) is 0 Å². The maximum Gasteiger partial charge on any atom is 0.185 e. The van der Waals surface area contributed by atoms with Crippen LogP contribution in [0.25, 0.3) is 6.08 Å². The van der Waals surface area contributed by atoms with Gasteiger partial charge in [-0.1, -0.05) is 48.5 Å². The zero-order valence-electron chi connectivity index (χ0n) is 10.1. The molecule has 0 aliphatic carbocycles. The number of allylic oxidation sites excluding steroid dienone is 1. The Morgan fingerprint density at radius 2 is 1.82 bits per heavy atom. The fourth-order valence-electron chi connectivity index (χ4n) is 1.42. The molecule has 0 unspecified atom stereocenters. The Morgan fingerprint density at radius 1 is 1.12 bits per heavy atom. The number of hydrogen-bond acceptors (Lipinski definition) is 1. The van der Waals surface area contributed by atoms with E-state index in [1.165, 1.54) is 24.3 Å². The molecule has 2 heteroatoms. The number of halogens is 1. The second-order valence-electron chi connectivity index (χ2n) is 3.50. The second-order valence-corrected chi connectivity index (χ2v) is 3.50. The van der Waals surface area contributed by atoms with Gasteiger partial charge in [-0.05, 0) is 18.2 Å². The van der Waals surface area contributed by atoms with E-state index in [1.807, 2.05) is 6.07 Å². The predicted molar refractivity (Wildman–Crippen MR) is 66.2 cm³/mol. The van der Waals surface area contributed by atoms with Crippen LogP contribution in [-0.2, 0) is 0 Å². The largest absolute Gasteiger partial charge is 0.289 e. The number of benzene rings is 2. The zero-order valence-corrected chi connectivity index (χ0v) is 9.06. The van der Waals surface area contributed by atoms with Crippen LogP contribution in [0.5, 0.6) is 0 Å². The Hall–Kier alpha value is -2.22. The lowest BCUT2D eigenvalue weighted by Crippen LogP contribution is -1.93. The van der Waals surface area contributed by atoms with E-state index < -0.39 is 5.82 Å². The van der Waals surface area contributed by atoms with Crippen LogP contribution in [0.3, 0.4) is 0 Å². The molecular weight excluding hydrogens is 215 g/mol. The van der Waals surface area contributed by atoms with Crippen molar-refractivity contribution in [3.63, 3.8) is 0 Å². The Labute approximate surface area is 101 Å². The van der Waals surface area contributed by atoms with E-state index in [1.54, 1.807) is 30.3 Å². The lowest BCUT2D eigenvalue weighted by molar-refractivity contribution is 0.104. The van der Waals surface area contributed by atoms with Crippen molar-refractivity contribution in [3.8, 4) is 0 Å². The minimum atomic E-state index is -0.616.